The summed E-state index contributed by atoms with van der Waals surface area (Å²) in [5.74, 6) is 0.742. The van der Waals surface area contributed by atoms with Crippen molar-refractivity contribution in [3.63, 3.8) is 0 Å². The smallest absolute Gasteiger partial charge is 0.349 e. The molecule has 0 saturated heterocycles. The van der Waals surface area contributed by atoms with Gasteiger partial charge in [0.25, 0.3) is 0 Å². The minimum absolute atomic E-state index is 0.0249. The van der Waals surface area contributed by atoms with E-state index < -0.39 is 15.7 Å². The molecule has 0 atom stereocenters. The zero-order chi connectivity index (χ0) is 23.9. The van der Waals surface area contributed by atoms with Crippen LogP contribution in [0.3, 0.4) is 0 Å². The number of ether oxygens (including phenoxy) is 1. The van der Waals surface area contributed by atoms with Crippen molar-refractivity contribution in [2.24, 2.45) is 0 Å². The Hall–Kier alpha value is -4.44. The molecule has 2 aromatic heterocycles. The Kier molecular flexibility index (Phi) is 5.14. The molecule has 0 unspecified atom stereocenters. The number of hydrogen-bond donors (Lipinski definition) is 1. The van der Waals surface area contributed by atoms with E-state index in [2.05, 4.69) is 9.97 Å². The third-order valence-corrected chi connectivity index (χ3v) is 6.39. The van der Waals surface area contributed by atoms with Gasteiger partial charge in [0.05, 0.1) is 12.6 Å². The normalized spacial score (nSPS) is 11.6. The van der Waals surface area contributed by atoms with Crippen LogP contribution in [0.5, 0.6) is 11.5 Å². The molecule has 2 N–H and O–H groups in total. The summed E-state index contributed by atoms with van der Waals surface area (Å²) in [5.41, 5.74) is 6.60. The maximum Gasteiger partial charge on any atom is 0.349 e. The van der Waals surface area contributed by atoms with Crippen LogP contribution in [0.1, 0.15) is 0 Å². The molecule has 0 bridgehead atoms. The molecule has 0 fully saturated rings. The van der Waals surface area contributed by atoms with E-state index in [4.69, 9.17) is 19.1 Å². The number of nitrogens with zero attached hydrogens (tertiary/aromatic N) is 2. The van der Waals surface area contributed by atoms with Crippen molar-refractivity contribution in [3.05, 3.63) is 83.2 Å². The van der Waals surface area contributed by atoms with Crippen LogP contribution in [0.4, 0.5) is 5.82 Å². The number of nitrogens with two attached hydrogens (primary N) is 1. The Morgan fingerprint density at radius 1 is 0.912 bits per heavy atom. The maximum atomic E-state index is 12.7. The summed E-state index contributed by atoms with van der Waals surface area (Å²) >= 11 is 0. The molecule has 5 rings (SSSR count). The number of benzene rings is 3. The highest BCUT2D eigenvalue weighted by atomic mass is 32.2. The second-order valence-corrected chi connectivity index (χ2v) is 8.83. The van der Waals surface area contributed by atoms with Crippen LogP contribution in [-0.2, 0) is 10.1 Å². The van der Waals surface area contributed by atoms with Gasteiger partial charge in [0.1, 0.15) is 33.2 Å². The van der Waals surface area contributed by atoms with Gasteiger partial charge in [0.15, 0.2) is 5.82 Å². The first kappa shape index (κ1) is 21.4. The average Bonchev–Trinajstić information content (AvgIpc) is 2.83. The molecule has 0 aliphatic carbocycles. The first-order valence-electron chi connectivity index (χ1n) is 10.0. The minimum atomic E-state index is -4.09. The minimum Gasteiger partial charge on any atom is -0.497 e. The highest BCUT2D eigenvalue weighted by Gasteiger charge is 2.19. The summed E-state index contributed by atoms with van der Waals surface area (Å²) in [6.45, 7) is 0. The quantitative estimate of drug-likeness (QED) is 0.229. The number of aromatic nitrogens is 2. The van der Waals surface area contributed by atoms with Gasteiger partial charge in [-0.25, -0.2) is 14.8 Å². The molecular formula is C24H17N3O6S. The number of nitrogen functional groups attached to an aromatic ring is 1. The van der Waals surface area contributed by atoms with Gasteiger partial charge >= 0.3 is 15.7 Å². The Balaban J connectivity index is 1.57. The van der Waals surface area contributed by atoms with Crippen LogP contribution in [0, 0.1) is 0 Å². The second kappa shape index (κ2) is 8.16. The molecule has 0 aliphatic rings. The van der Waals surface area contributed by atoms with Gasteiger partial charge in [0.2, 0.25) is 0 Å². The van der Waals surface area contributed by atoms with E-state index in [1.807, 2.05) is 0 Å². The number of anilines is 1. The van der Waals surface area contributed by atoms with Crippen LogP contribution < -0.4 is 20.3 Å². The highest BCUT2D eigenvalue weighted by Crippen LogP contribution is 2.29. The molecule has 0 spiro atoms. The van der Waals surface area contributed by atoms with Gasteiger partial charge in [-0.15, -0.1) is 0 Å². The van der Waals surface area contributed by atoms with E-state index >= 15 is 0 Å². The predicted octanol–water partition coefficient (Wildman–Crippen LogP) is 3.76. The number of hydrogen-bond acceptors (Lipinski definition) is 9. The van der Waals surface area contributed by atoms with Gasteiger partial charge in [-0.05, 0) is 48.5 Å². The Bertz CT molecular complexity index is 1710. The number of fused-ring (bicyclic) bond motifs is 3. The Morgan fingerprint density at radius 2 is 1.68 bits per heavy atom. The molecule has 0 radical (unpaired) electrons. The van der Waals surface area contributed by atoms with Gasteiger partial charge in [-0.2, -0.15) is 8.42 Å². The lowest BCUT2D eigenvalue weighted by molar-refractivity contribution is 0.414. The van der Waals surface area contributed by atoms with E-state index in [-0.39, 0.29) is 27.7 Å². The lowest BCUT2D eigenvalue weighted by atomic mass is 10.1. The molecule has 3 aromatic carbocycles. The molecular weight excluding hydrogens is 458 g/mol. The van der Waals surface area contributed by atoms with E-state index in [0.29, 0.717) is 27.8 Å². The zero-order valence-electron chi connectivity index (χ0n) is 17.8. The largest absolute Gasteiger partial charge is 0.497 e. The summed E-state index contributed by atoms with van der Waals surface area (Å²) in [4.78, 5) is 21.2. The van der Waals surface area contributed by atoms with Crippen molar-refractivity contribution in [1.82, 2.24) is 9.97 Å². The van der Waals surface area contributed by atoms with Gasteiger partial charge < -0.3 is 19.1 Å². The Labute approximate surface area is 193 Å². The fourth-order valence-corrected chi connectivity index (χ4v) is 4.43. The fraction of sp³-hybridized carbons (Fsp3) is 0.0417. The monoisotopic (exact) mass is 475 g/mol. The molecule has 2 heterocycles. The Morgan fingerprint density at radius 3 is 2.44 bits per heavy atom. The van der Waals surface area contributed by atoms with Gasteiger partial charge in [0, 0.05) is 10.9 Å². The van der Waals surface area contributed by atoms with Crippen LogP contribution in [0.2, 0.25) is 0 Å². The predicted molar refractivity (Wildman–Crippen MR) is 126 cm³/mol. The number of rotatable bonds is 5. The van der Waals surface area contributed by atoms with E-state index in [0.717, 1.165) is 0 Å². The second-order valence-electron chi connectivity index (χ2n) is 7.28. The standard InChI is InChI=1S/C24H17N3O6S/c1-31-15-9-11-17(12-10-15)34(29,30)33-16-6-4-5-14(13-16)23-26-21-18-7-2-3-8-19(18)32-24(28)20(21)22(25)27-23/h2-13H,1H3,(H2,25,26,27). The third-order valence-electron chi connectivity index (χ3n) is 5.13. The topological polar surface area (TPSA) is 135 Å². The highest BCUT2D eigenvalue weighted by molar-refractivity contribution is 7.87. The van der Waals surface area contributed by atoms with Gasteiger partial charge in [-0.3, -0.25) is 0 Å². The van der Waals surface area contributed by atoms with Crippen molar-refractivity contribution < 1.29 is 21.8 Å². The summed E-state index contributed by atoms with van der Waals surface area (Å²) < 4.78 is 41.1. The van der Waals surface area contributed by atoms with Crippen molar-refractivity contribution in [1.29, 1.82) is 0 Å². The third kappa shape index (κ3) is 3.80. The molecule has 9 nitrogen and oxygen atoms in total. The fourth-order valence-electron chi connectivity index (χ4n) is 3.51. The first-order valence-corrected chi connectivity index (χ1v) is 11.4. The van der Waals surface area contributed by atoms with Crippen molar-refractivity contribution in [2.45, 2.75) is 4.90 Å². The summed E-state index contributed by atoms with van der Waals surface area (Å²) in [6, 6.07) is 19.1. The molecule has 0 amide bonds. The summed E-state index contributed by atoms with van der Waals surface area (Å²) in [5, 5.41) is 0.680. The summed E-state index contributed by atoms with van der Waals surface area (Å²) in [6.07, 6.45) is 0. The molecule has 5 aromatic rings. The summed E-state index contributed by atoms with van der Waals surface area (Å²) in [7, 11) is -2.60. The number of para-hydroxylation sites is 1. The lowest BCUT2D eigenvalue weighted by Crippen LogP contribution is -2.10. The van der Waals surface area contributed by atoms with E-state index in [1.165, 1.54) is 43.5 Å². The van der Waals surface area contributed by atoms with E-state index in [9.17, 15) is 13.2 Å². The molecule has 0 aliphatic heterocycles. The first-order chi connectivity index (χ1) is 16.4. The van der Waals surface area contributed by atoms with Crippen molar-refractivity contribution in [2.75, 3.05) is 12.8 Å². The van der Waals surface area contributed by atoms with Crippen LogP contribution in [-0.4, -0.2) is 25.5 Å². The SMILES string of the molecule is COc1ccc(S(=O)(=O)Oc2cccc(-c3nc(N)c4c(=O)oc5ccccc5c4n3)c2)cc1. The van der Waals surface area contributed by atoms with Crippen molar-refractivity contribution in [3.8, 4) is 22.9 Å². The van der Waals surface area contributed by atoms with Gasteiger partial charge in [-0.1, -0.05) is 24.3 Å². The maximum absolute atomic E-state index is 12.7. The van der Waals surface area contributed by atoms with Crippen LogP contribution >= 0.6 is 0 Å². The van der Waals surface area contributed by atoms with Crippen LogP contribution in [0.25, 0.3) is 33.3 Å². The molecule has 170 valence electrons. The molecule has 34 heavy (non-hydrogen) atoms. The van der Waals surface area contributed by atoms with Crippen molar-refractivity contribution >= 4 is 37.8 Å². The zero-order valence-corrected chi connectivity index (χ0v) is 18.6. The average molecular weight is 475 g/mol. The molecule has 10 heteroatoms. The molecule has 0 saturated carbocycles. The lowest BCUT2D eigenvalue weighted by Gasteiger charge is -2.10. The van der Waals surface area contributed by atoms with E-state index in [1.54, 1.807) is 36.4 Å². The number of methoxy groups -OCH3 is 1. The van der Waals surface area contributed by atoms with Crippen LogP contribution in [0.15, 0.2) is 86.9 Å².